The molecule has 2 atom stereocenters. The van der Waals surface area contributed by atoms with Crippen molar-refractivity contribution in [3.63, 3.8) is 0 Å². The van der Waals surface area contributed by atoms with Crippen LogP contribution in [0.4, 0.5) is 0 Å². The van der Waals surface area contributed by atoms with Gasteiger partial charge in [-0.05, 0) is 45.6 Å². The lowest BCUT2D eigenvalue weighted by atomic mass is 9.65. The fourth-order valence-electron chi connectivity index (χ4n) is 4.92. The number of piperidine rings is 1. The van der Waals surface area contributed by atoms with E-state index in [0.717, 1.165) is 63.6 Å². The molecule has 0 aromatic carbocycles. The zero-order chi connectivity index (χ0) is 17.4. The van der Waals surface area contributed by atoms with Crippen LogP contribution in [0.25, 0.3) is 0 Å². The van der Waals surface area contributed by atoms with Crippen LogP contribution in [0.1, 0.15) is 47.6 Å². The Bertz CT molecular complexity index is 688. The van der Waals surface area contributed by atoms with E-state index in [-0.39, 0.29) is 17.4 Å². The van der Waals surface area contributed by atoms with Crippen LogP contribution >= 0.6 is 0 Å². The zero-order valence-corrected chi connectivity index (χ0v) is 15.2. The lowest BCUT2D eigenvalue weighted by molar-refractivity contribution is -0.0739. The Kier molecular flexibility index (Phi) is 4.46. The van der Waals surface area contributed by atoms with E-state index in [1.807, 2.05) is 19.9 Å². The second-order valence-electron chi connectivity index (χ2n) is 7.50. The number of carbonyl (C=O) groups is 1. The molecule has 3 aliphatic rings. The van der Waals surface area contributed by atoms with Gasteiger partial charge in [0.15, 0.2) is 0 Å². The van der Waals surface area contributed by atoms with E-state index >= 15 is 0 Å². The van der Waals surface area contributed by atoms with E-state index in [1.165, 1.54) is 5.57 Å². The molecule has 4 heterocycles. The molecule has 5 nitrogen and oxygen atoms in total. The number of fused-ring (bicyclic) bond motifs is 1. The van der Waals surface area contributed by atoms with Crippen molar-refractivity contribution >= 4 is 5.91 Å². The van der Waals surface area contributed by atoms with Crippen LogP contribution in [0.3, 0.4) is 0 Å². The van der Waals surface area contributed by atoms with Crippen LogP contribution < -0.4 is 0 Å². The van der Waals surface area contributed by atoms with Gasteiger partial charge in [-0.1, -0.05) is 11.6 Å². The van der Waals surface area contributed by atoms with E-state index in [2.05, 4.69) is 11.0 Å². The van der Waals surface area contributed by atoms with Crippen molar-refractivity contribution in [1.29, 1.82) is 0 Å². The maximum Gasteiger partial charge on any atom is 0.257 e. The van der Waals surface area contributed by atoms with Crippen LogP contribution in [0.15, 0.2) is 22.1 Å². The quantitative estimate of drug-likeness (QED) is 0.772. The fraction of sp³-hybridized carbons (Fsp3) is 0.650. The van der Waals surface area contributed by atoms with Crippen molar-refractivity contribution in [3.05, 3.63) is 34.8 Å². The Morgan fingerprint density at radius 3 is 2.88 bits per heavy atom. The van der Waals surface area contributed by atoms with Gasteiger partial charge in [-0.15, -0.1) is 0 Å². The molecule has 2 fully saturated rings. The Morgan fingerprint density at radius 1 is 1.28 bits per heavy atom. The molecule has 0 N–H and O–H groups in total. The first-order valence-corrected chi connectivity index (χ1v) is 9.35. The van der Waals surface area contributed by atoms with E-state index in [0.29, 0.717) is 12.2 Å². The van der Waals surface area contributed by atoms with Crippen LogP contribution in [0.5, 0.6) is 0 Å². The van der Waals surface area contributed by atoms with Crippen molar-refractivity contribution in [1.82, 2.24) is 4.90 Å². The SMILES string of the molecule is Cc1cc(C(=O)N2CCC[C@@]3(C4=CCOCC4)COCCC23)c(C)o1. The van der Waals surface area contributed by atoms with Gasteiger partial charge < -0.3 is 18.8 Å². The van der Waals surface area contributed by atoms with Crippen LogP contribution in [0.2, 0.25) is 0 Å². The Labute approximate surface area is 149 Å². The standard InChI is InChI=1S/C20H27NO4/c1-14-12-17(15(2)25-14)19(22)21-8-3-7-20(13-24-11-6-18(20)21)16-4-9-23-10-5-16/h4,12,18H,3,5-11,13H2,1-2H3/t18?,20-/m0/s1. The molecule has 2 saturated heterocycles. The summed E-state index contributed by atoms with van der Waals surface area (Å²) in [4.78, 5) is 15.4. The summed E-state index contributed by atoms with van der Waals surface area (Å²) in [6, 6.07) is 2.09. The summed E-state index contributed by atoms with van der Waals surface area (Å²) in [5.41, 5.74) is 2.10. The number of amides is 1. The van der Waals surface area contributed by atoms with Crippen LogP contribution in [0, 0.1) is 19.3 Å². The molecular weight excluding hydrogens is 318 g/mol. The van der Waals surface area contributed by atoms with Gasteiger partial charge in [-0.3, -0.25) is 4.79 Å². The van der Waals surface area contributed by atoms with Crippen molar-refractivity contribution in [2.75, 3.05) is 33.0 Å². The molecular formula is C20H27NO4. The van der Waals surface area contributed by atoms with Gasteiger partial charge in [-0.2, -0.15) is 0 Å². The average Bonchev–Trinajstić information content (AvgIpc) is 2.99. The number of hydrogen-bond acceptors (Lipinski definition) is 4. The monoisotopic (exact) mass is 345 g/mol. The molecule has 0 bridgehead atoms. The molecule has 1 aromatic heterocycles. The predicted octanol–water partition coefficient (Wildman–Crippen LogP) is 3.25. The summed E-state index contributed by atoms with van der Waals surface area (Å²) in [7, 11) is 0. The summed E-state index contributed by atoms with van der Waals surface area (Å²) in [6.07, 6.45) is 6.19. The topological polar surface area (TPSA) is 51.9 Å². The molecule has 5 heteroatoms. The summed E-state index contributed by atoms with van der Waals surface area (Å²) in [5, 5.41) is 0. The number of carbonyl (C=O) groups excluding carboxylic acids is 1. The van der Waals surface area contributed by atoms with Gasteiger partial charge >= 0.3 is 0 Å². The molecule has 1 aromatic rings. The Hall–Kier alpha value is -1.59. The summed E-state index contributed by atoms with van der Waals surface area (Å²) in [5.74, 6) is 1.62. The lowest BCUT2D eigenvalue weighted by Crippen LogP contribution is -2.59. The number of furan rings is 1. The Balaban J connectivity index is 1.68. The van der Waals surface area contributed by atoms with Crippen molar-refractivity contribution in [2.24, 2.45) is 5.41 Å². The largest absolute Gasteiger partial charge is 0.466 e. The van der Waals surface area contributed by atoms with Gasteiger partial charge in [-0.25, -0.2) is 0 Å². The molecule has 0 saturated carbocycles. The minimum absolute atomic E-state index is 0.0391. The van der Waals surface area contributed by atoms with Gasteiger partial charge in [0, 0.05) is 24.6 Å². The van der Waals surface area contributed by atoms with Gasteiger partial charge in [0.25, 0.3) is 5.91 Å². The van der Waals surface area contributed by atoms with Gasteiger partial charge in [0.05, 0.1) is 25.4 Å². The van der Waals surface area contributed by atoms with Crippen molar-refractivity contribution in [3.8, 4) is 0 Å². The predicted molar refractivity (Wildman–Crippen MR) is 93.6 cm³/mol. The maximum atomic E-state index is 13.3. The van der Waals surface area contributed by atoms with Crippen LogP contribution in [-0.2, 0) is 9.47 Å². The molecule has 1 unspecified atom stereocenters. The number of nitrogens with zero attached hydrogens (tertiary/aromatic N) is 1. The molecule has 136 valence electrons. The zero-order valence-electron chi connectivity index (χ0n) is 15.2. The number of ether oxygens (including phenoxy) is 2. The number of rotatable bonds is 2. The summed E-state index contributed by atoms with van der Waals surface area (Å²) in [6.45, 7) is 7.48. The molecule has 1 amide bonds. The number of likely N-dealkylation sites (tertiary alicyclic amines) is 1. The summed E-state index contributed by atoms with van der Waals surface area (Å²) < 4.78 is 17.0. The third-order valence-corrected chi connectivity index (χ3v) is 6.07. The maximum absolute atomic E-state index is 13.3. The fourth-order valence-corrected chi connectivity index (χ4v) is 4.92. The third-order valence-electron chi connectivity index (χ3n) is 6.07. The van der Waals surface area contributed by atoms with Crippen LogP contribution in [-0.4, -0.2) is 49.8 Å². The second kappa shape index (κ2) is 6.61. The number of hydrogen-bond donors (Lipinski definition) is 0. The van der Waals surface area contributed by atoms with E-state index in [9.17, 15) is 4.79 Å². The number of aryl methyl sites for hydroxylation is 2. The molecule has 0 spiro atoms. The molecule has 25 heavy (non-hydrogen) atoms. The molecule has 0 aliphatic carbocycles. The van der Waals surface area contributed by atoms with Gasteiger partial charge in [0.2, 0.25) is 0 Å². The average molecular weight is 345 g/mol. The highest BCUT2D eigenvalue weighted by molar-refractivity contribution is 5.95. The van der Waals surface area contributed by atoms with E-state index in [1.54, 1.807) is 0 Å². The highest BCUT2D eigenvalue weighted by Crippen LogP contribution is 2.48. The van der Waals surface area contributed by atoms with E-state index in [4.69, 9.17) is 13.9 Å². The Morgan fingerprint density at radius 2 is 2.16 bits per heavy atom. The first kappa shape index (κ1) is 16.9. The minimum atomic E-state index is -0.0391. The first-order chi connectivity index (χ1) is 12.1. The normalized spacial score (nSPS) is 29.9. The highest BCUT2D eigenvalue weighted by Gasteiger charge is 2.50. The summed E-state index contributed by atoms with van der Waals surface area (Å²) >= 11 is 0. The first-order valence-electron chi connectivity index (χ1n) is 9.35. The molecule has 0 radical (unpaired) electrons. The van der Waals surface area contributed by atoms with Gasteiger partial charge in [0.1, 0.15) is 11.5 Å². The third kappa shape index (κ3) is 2.83. The highest BCUT2D eigenvalue weighted by atomic mass is 16.5. The smallest absolute Gasteiger partial charge is 0.257 e. The van der Waals surface area contributed by atoms with Crippen molar-refractivity contribution in [2.45, 2.75) is 45.6 Å². The molecule has 3 aliphatic heterocycles. The lowest BCUT2D eigenvalue weighted by Gasteiger charge is -2.54. The molecule has 4 rings (SSSR count). The minimum Gasteiger partial charge on any atom is -0.466 e. The van der Waals surface area contributed by atoms with Crippen molar-refractivity contribution < 1.29 is 18.7 Å². The van der Waals surface area contributed by atoms with E-state index < -0.39 is 0 Å². The second-order valence-corrected chi connectivity index (χ2v) is 7.50.